The largest absolute Gasteiger partial charge is 0.871 e. The highest BCUT2D eigenvalue weighted by Crippen LogP contribution is 2.56. The van der Waals surface area contributed by atoms with E-state index in [0.29, 0.717) is 11.1 Å². The average molecular weight is 1560 g/mol. The molecule has 10 aromatic rings. The number of likely N-dealkylation sites (N-methyl/N-ethyl adjacent to an activating group) is 2. The summed E-state index contributed by atoms with van der Waals surface area (Å²) < 4.78 is 4.24. The zero-order valence-corrected chi connectivity index (χ0v) is 71.6. The number of anilines is 3. The monoisotopic (exact) mass is 1560 g/mol. The van der Waals surface area contributed by atoms with Crippen LogP contribution in [0.15, 0.2) is 303 Å². The first-order chi connectivity index (χ1) is 56.1. The Labute approximate surface area is 694 Å². The van der Waals surface area contributed by atoms with Crippen molar-refractivity contribution in [2.75, 3.05) is 49.4 Å². The highest BCUT2D eigenvalue weighted by Gasteiger charge is 2.50. The molecule has 0 saturated heterocycles. The molecule has 12 nitrogen and oxygen atoms in total. The van der Waals surface area contributed by atoms with Crippen LogP contribution in [0.2, 0.25) is 0 Å². The molecular formula is C106H106N6O6. The molecule has 12 heteroatoms. The van der Waals surface area contributed by atoms with Crippen LogP contribution in [0.4, 0.5) is 34.1 Å². The Bertz CT molecular complexity index is 6470. The summed E-state index contributed by atoms with van der Waals surface area (Å²) in [4.78, 5) is 51.8. The van der Waals surface area contributed by atoms with Crippen LogP contribution in [0.3, 0.4) is 0 Å². The fraction of sp³-hybridized carbons (Fsp3) is 0.283. The van der Waals surface area contributed by atoms with Crippen molar-refractivity contribution in [3.05, 3.63) is 332 Å². The summed E-state index contributed by atoms with van der Waals surface area (Å²) in [5.41, 5.74) is 19.4. The number of hydrogen-bond donors (Lipinski definition) is 1. The molecule has 0 saturated carbocycles. The molecule has 19 rings (SSSR count). The molecule has 118 heavy (non-hydrogen) atoms. The van der Waals surface area contributed by atoms with Gasteiger partial charge in [0.25, 0.3) is 0 Å². The van der Waals surface area contributed by atoms with Gasteiger partial charge in [0.1, 0.15) is 19.9 Å². The van der Waals surface area contributed by atoms with Crippen molar-refractivity contribution in [3.8, 4) is 0 Å². The van der Waals surface area contributed by atoms with Crippen molar-refractivity contribution in [2.45, 2.75) is 162 Å². The van der Waals surface area contributed by atoms with Crippen molar-refractivity contribution < 1.29 is 38.9 Å². The third-order valence-electron chi connectivity index (χ3n) is 26.7. The van der Waals surface area contributed by atoms with Crippen molar-refractivity contribution in [3.63, 3.8) is 0 Å². The third kappa shape index (κ3) is 12.3. The van der Waals surface area contributed by atoms with E-state index in [-0.39, 0.29) is 84.0 Å². The Morgan fingerprint density at radius 1 is 0.398 bits per heavy atom. The highest BCUT2D eigenvalue weighted by atomic mass is 16.3. The van der Waals surface area contributed by atoms with E-state index in [1.54, 1.807) is 18.2 Å². The van der Waals surface area contributed by atoms with Gasteiger partial charge in [0.05, 0.1) is 44.4 Å². The number of rotatable bonds is 10. The molecule has 0 bridgehead atoms. The molecule has 0 spiro atoms. The minimum absolute atomic E-state index is 0.0545. The second-order valence-electron chi connectivity index (χ2n) is 36.0. The number of allylic oxidation sites excluding steroid dienone is 15. The number of aliphatic imine (C=N–C) groups is 1. The predicted molar refractivity (Wildman–Crippen MR) is 482 cm³/mol. The van der Waals surface area contributed by atoms with Crippen LogP contribution < -0.4 is 24.9 Å². The standard InChI is InChI=1S/C38H36N2O2.C36H32N2O2.C28H28N2O2.C4H10/c1-6-7-20-40-30-19-17-24-13-9-11-15-26(24)34(30)38(4,5)32(40)22-28-35(41)27(36(28)42)21-31-37(2,3)33-25-14-10-8-12-23(25)16-18-29(33)39-31;1-35(2)27-17-15-21-11-7-9-13-23(21)31(27)37(5)29(35)19-25-33(39)26(34(25)40)20-30-36(3,4)28-18-16-22-12-8-10-14-24(22)32(28)38(30)6;1-27(2)19-11-7-9-13-21(19)29(5)23(27)15-17-25(31)18(26(17)32)16-24-28(3,4)20-12-8-10-14-22(20)30(24)6;1-3-4-2/h8-19,21-22,41H,6-7,20H2,1-5H3;7-20H,1-6H3;7-16H,1-6H3;3-4H2,1-2H3/b27-21?,32-22+;;;. The Morgan fingerprint density at radius 2 is 0.856 bits per heavy atom. The fourth-order valence-electron chi connectivity index (χ4n) is 19.8. The highest BCUT2D eigenvalue weighted by molar-refractivity contribution is 6.27. The van der Waals surface area contributed by atoms with Gasteiger partial charge in [0.2, 0.25) is 17.2 Å². The number of ketones is 3. The zero-order valence-electron chi connectivity index (χ0n) is 71.6. The van der Waals surface area contributed by atoms with Gasteiger partial charge in [-0.05, 0) is 137 Å². The summed E-state index contributed by atoms with van der Waals surface area (Å²) in [7, 11) is 8.05. The molecule has 9 aliphatic rings. The Hall–Kier alpha value is -12.3. The molecule has 0 aromatic heterocycles. The lowest BCUT2D eigenvalue weighted by Crippen LogP contribution is -2.34. The Morgan fingerprint density at radius 3 is 1.42 bits per heavy atom. The Balaban J connectivity index is 0.000000130. The zero-order chi connectivity index (χ0) is 83.9. The first-order valence-electron chi connectivity index (χ1n) is 41.7. The number of unbranched alkanes of at least 4 members (excludes halogenated alkanes) is 2. The minimum atomic E-state index is -0.398. The first-order valence-corrected chi connectivity index (χ1v) is 41.7. The van der Waals surface area contributed by atoms with Crippen LogP contribution >= 0.6 is 0 Å². The number of carbonyl (C=O) groups is 3. The van der Waals surface area contributed by atoms with Crippen LogP contribution in [-0.2, 0) is 46.9 Å². The number of para-hydroxylation sites is 2. The summed E-state index contributed by atoms with van der Waals surface area (Å²) in [6.07, 6.45) is 15.7. The van der Waals surface area contributed by atoms with E-state index >= 15 is 0 Å². The summed E-state index contributed by atoms with van der Waals surface area (Å²) in [6.45, 7) is 33.3. The second kappa shape index (κ2) is 29.1. The van der Waals surface area contributed by atoms with Gasteiger partial charge in [-0.25, -0.2) is 0 Å². The van der Waals surface area contributed by atoms with E-state index in [1.807, 2.05) is 101 Å². The van der Waals surface area contributed by atoms with Crippen molar-refractivity contribution in [2.24, 2.45) is 4.99 Å². The van der Waals surface area contributed by atoms with Gasteiger partial charge < -0.3 is 30.0 Å². The van der Waals surface area contributed by atoms with E-state index < -0.39 is 5.41 Å². The smallest absolute Gasteiger partial charge is 0.217 e. The molecule has 3 aliphatic carbocycles. The van der Waals surface area contributed by atoms with Crippen LogP contribution in [-0.4, -0.2) is 83.5 Å². The van der Waals surface area contributed by atoms with Gasteiger partial charge in [-0.3, -0.25) is 19.4 Å². The molecule has 0 radical (unpaired) electrons. The molecule has 10 aromatic carbocycles. The van der Waals surface area contributed by atoms with Gasteiger partial charge in [-0.15, -0.1) is 0 Å². The van der Waals surface area contributed by atoms with Gasteiger partial charge in [0.15, 0.2) is 23.0 Å². The minimum Gasteiger partial charge on any atom is -0.871 e. The number of fused-ring (bicyclic) bond motifs is 14. The number of benzene rings is 10. The lowest BCUT2D eigenvalue weighted by Gasteiger charge is -2.32. The van der Waals surface area contributed by atoms with Gasteiger partial charge in [-0.1, -0.05) is 271 Å². The molecular weight excluding hydrogens is 1450 g/mol. The number of carbonyl (C=O) groups excluding carboxylic acids is 3. The summed E-state index contributed by atoms with van der Waals surface area (Å²) >= 11 is 0. The van der Waals surface area contributed by atoms with Gasteiger partial charge in [0, 0.05) is 128 Å². The average Bonchev–Trinajstić information content (AvgIpc) is 1.56. The number of hydrogen-bond acceptors (Lipinski definition) is 10. The van der Waals surface area contributed by atoms with E-state index in [4.69, 9.17) is 4.99 Å². The Kier molecular flexibility index (Phi) is 19.6. The summed E-state index contributed by atoms with van der Waals surface area (Å²) in [5, 5.41) is 47.4. The summed E-state index contributed by atoms with van der Waals surface area (Å²) in [5.74, 6) is -0.782. The van der Waals surface area contributed by atoms with E-state index in [9.17, 15) is 29.7 Å². The topological polar surface area (TPSA) is 146 Å². The van der Waals surface area contributed by atoms with Crippen LogP contribution in [0, 0.1) is 0 Å². The van der Waals surface area contributed by atoms with Gasteiger partial charge >= 0.3 is 0 Å². The van der Waals surface area contributed by atoms with E-state index in [1.165, 1.54) is 89.4 Å². The quantitative estimate of drug-likeness (QED) is 0.104. The molecule has 0 amide bonds. The van der Waals surface area contributed by atoms with E-state index in [2.05, 4.69) is 267 Å². The number of Topliss-reactive ketones (excluding diaryl/α,β-unsaturated/α-hetero) is 3. The third-order valence-corrected chi connectivity index (χ3v) is 26.7. The number of aliphatic hydroxyl groups is 1. The van der Waals surface area contributed by atoms with Gasteiger partial charge in [-0.2, -0.15) is 9.15 Å². The maximum absolute atomic E-state index is 13.7. The number of nitrogens with zero attached hydrogens (tertiary/aromatic N) is 6. The molecule has 0 unspecified atom stereocenters. The molecule has 1 N–H and O–H groups in total. The van der Waals surface area contributed by atoms with Crippen LogP contribution in [0.25, 0.3) is 43.1 Å². The van der Waals surface area contributed by atoms with Crippen molar-refractivity contribution in [1.82, 2.24) is 0 Å². The molecule has 596 valence electrons. The lowest BCUT2D eigenvalue weighted by molar-refractivity contribution is -0.401. The lowest BCUT2D eigenvalue weighted by atomic mass is 9.76. The maximum Gasteiger partial charge on any atom is 0.217 e. The molecule has 6 heterocycles. The maximum atomic E-state index is 13.7. The second-order valence-corrected chi connectivity index (χ2v) is 36.0. The van der Waals surface area contributed by atoms with E-state index in [0.717, 1.165) is 87.6 Å². The molecule has 0 fully saturated rings. The van der Waals surface area contributed by atoms with Crippen molar-refractivity contribution in [1.29, 1.82) is 0 Å². The molecule has 0 atom stereocenters. The molecule has 6 aliphatic heterocycles. The fourth-order valence-corrected chi connectivity index (χ4v) is 19.8. The summed E-state index contributed by atoms with van der Waals surface area (Å²) in [6, 6.07) is 67.2. The number of aliphatic hydroxyl groups excluding tert-OH is 1. The SMILES string of the molecule is CCCC.CCCCN1/C(=C/C2=C(O)C(=CC3=Nc4ccc5ccccc5c4C3(C)C)C2=O)C(C)(C)c2c1ccc1ccccc21.CN1/C(=C/C2=C([O-])C(=C/C3=[N+](C)c4c(ccc5ccccc45)C3(C)C)/C2=O)C(C)(C)c2ccc3ccccc3c21.CN1/C(=C/C2=C([O-])C(=C/C3=[N+](C)c4ccccc4C3(C)C)/C2=O)C(C)(C)c2ccccc21. The normalized spacial score (nSPS) is 21.0. The van der Waals surface area contributed by atoms with Crippen LogP contribution in [0.1, 0.15) is 163 Å². The predicted octanol–water partition coefficient (Wildman–Crippen LogP) is 21.5. The first kappa shape index (κ1) is 79.6. The van der Waals surface area contributed by atoms with Crippen molar-refractivity contribution >= 4 is 112 Å². The van der Waals surface area contributed by atoms with Crippen LogP contribution in [0.5, 0.6) is 0 Å².